The number of nitrogens with zero attached hydrogens (tertiary/aromatic N) is 2. The van der Waals surface area contributed by atoms with Crippen molar-refractivity contribution in [3.05, 3.63) is 11.9 Å². The number of carbonyl (C=O) groups excluding carboxylic acids is 1. The third kappa shape index (κ3) is 2.18. The van der Waals surface area contributed by atoms with E-state index in [1.54, 1.807) is 4.68 Å². The van der Waals surface area contributed by atoms with Gasteiger partial charge in [0.25, 0.3) is 0 Å². The fourth-order valence-corrected chi connectivity index (χ4v) is 1.85. The molecule has 15 heavy (non-hydrogen) atoms. The number of amides is 1. The van der Waals surface area contributed by atoms with E-state index in [4.69, 9.17) is 0 Å². The maximum absolute atomic E-state index is 11.8. The molecule has 1 amide bonds. The van der Waals surface area contributed by atoms with E-state index in [0.29, 0.717) is 0 Å². The summed E-state index contributed by atoms with van der Waals surface area (Å²) in [6.45, 7) is 2.82. The minimum absolute atomic E-state index is 0.0374. The van der Waals surface area contributed by atoms with Gasteiger partial charge in [-0.1, -0.05) is 0 Å². The molecule has 1 aliphatic rings. The Morgan fingerprint density at radius 2 is 2.53 bits per heavy atom. The first kappa shape index (κ1) is 10.2. The zero-order chi connectivity index (χ0) is 10.8. The maximum Gasteiger partial charge on any atom is 0.241 e. The molecule has 2 N–H and O–H groups in total. The first-order valence-corrected chi connectivity index (χ1v) is 5.21. The molecule has 0 saturated carbocycles. The second-order valence-corrected chi connectivity index (χ2v) is 3.94. The predicted octanol–water partition coefficient (Wildman–Crippen LogP) is 0.419. The van der Waals surface area contributed by atoms with Crippen molar-refractivity contribution in [3.8, 4) is 0 Å². The minimum atomic E-state index is -0.0374. The second kappa shape index (κ2) is 4.02. The van der Waals surface area contributed by atoms with Crippen molar-refractivity contribution in [2.45, 2.75) is 25.8 Å². The summed E-state index contributed by atoms with van der Waals surface area (Å²) in [5.41, 5.74) is 1.65. The van der Waals surface area contributed by atoms with Crippen LogP contribution >= 0.6 is 0 Å². The van der Waals surface area contributed by atoms with Crippen molar-refractivity contribution in [2.75, 3.05) is 11.9 Å². The van der Waals surface area contributed by atoms with Gasteiger partial charge in [-0.2, -0.15) is 5.10 Å². The quantitative estimate of drug-likeness (QED) is 0.740. The molecule has 0 aromatic carbocycles. The summed E-state index contributed by atoms with van der Waals surface area (Å²) in [6.07, 6.45) is 3.82. The lowest BCUT2D eigenvalue weighted by Gasteiger charge is -2.09. The molecule has 0 radical (unpaired) electrons. The number of aromatic nitrogens is 2. The van der Waals surface area contributed by atoms with Gasteiger partial charge in [0.2, 0.25) is 5.91 Å². The van der Waals surface area contributed by atoms with Crippen molar-refractivity contribution in [1.82, 2.24) is 15.1 Å². The van der Waals surface area contributed by atoms with E-state index in [2.05, 4.69) is 15.7 Å². The number of hydrogen-bond acceptors (Lipinski definition) is 3. The fraction of sp³-hybridized carbons (Fsp3) is 0.600. The molecule has 5 nitrogen and oxygen atoms in total. The number of rotatable bonds is 2. The second-order valence-electron chi connectivity index (χ2n) is 3.94. The van der Waals surface area contributed by atoms with Crippen LogP contribution in [0.25, 0.3) is 0 Å². The van der Waals surface area contributed by atoms with E-state index < -0.39 is 0 Å². The normalized spacial score (nSPS) is 20.5. The van der Waals surface area contributed by atoms with Gasteiger partial charge < -0.3 is 10.6 Å². The van der Waals surface area contributed by atoms with Crippen LogP contribution in [-0.2, 0) is 11.8 Å². The zero-order valence-electron chi connectivity index (χ0n) is 9.08. The monoisotopic (exact) mass is 208 g/mol. The van der Waals surface area contributed by atoms with Crippen molar-refractivity contribution in [3.63, 3.8) is 0 Å². The van der Waals surface area contributed by atoms with Gasteiger partial charge in [0.15, 0.2) is 0 Å². The Bertz CT molecular complexity index is 365. The molecule has 2 heterocycles. The third-order valence-corrected chi connectivity index (χ3v) is 2.65. The number of hydrogen-bond donors (Lipinski definition) is 2. The van der Waals surface area contributed by atoms with E-state index in [0.717, 1.165) is 30.8 Å². The summed E-state index contributed by atoms with van der Waals surface area (Å²) in [4.78, 5) is 11.8. The van der Waals surface area contributed by atoms with Gasteiger partial charge in [0.1, 0.15) is 0 Å². The van der Waals surface area contributed by atoms with Crippen LogP contribution in [0.1, 0.15) is 18.5 Å². The average Bonchev–Trinajstić information content (AvgIpc) is 2.76. The molecule has 1 aromatic rings. The van der Waals surface area contributed by atoms with E-state index in [9.17, 15) is 4.79 Å². The number of anilines is 1. The lowest BCUT2D eigenvalue weighted by atomic mass is 10.2. The largest absolute Gasteiger partial charge is 0.322 e. The van der Waals surface area contributed by atoms with Gasteiger partial charge >= 0.3 is 0 Å². The Morgan fingerprint density at radius 3 is 3.07 bits per heavy atom. The molecular weight excluding hydrogens is 192 g/mol. The lowest BCUT2D eigenvalue weighted by Crippen LogP contribution is -2.35. The minimum Gasteiger partial charge on any atom is -0.322 e. The Kier molecular flexibility index (Phi) is 2.73. The van der Waals surface area contributed by atoms with Gasteiger partial charge in [-0.15, -0.1) is 0 Å². The smallest absolute Gasteiger partial charge is 0.241 e. The highest BCUT2D eigenvalue weighted by Crippen LogP contribution is 2.13. The molecule has 0 aliphatic carbocycles. The van der Waals surface area contributed by atoms with Gasteiger partial charge in [0.05, 0.1) is 17.4 Å². The molecule has 0 spiro atoms. The third-order valence-electron chi connectivity index (χ3n) is 2.65. The molecule has 1 aliphatic heterocycles. The summed E-state index contributed by atoms with van der Waals surface area (Å²) in [5.74, 6) is 0.0450. The molecule has 82 valence electrons. The Labute approximate surface area is 88.8 Å². The van der Waals surface area contributed by atoms with Crippen LogP contribution < -0.4 is 10.6 Å². The van der Waals surface area contributed by atoms with Gasteiger partial charge in [0, 0.05) is 13.2 Å². The first-order chi connectivity index (χ1) is 7.16. The number of aryl methyl sites for hydroxylation is 2. The van der Waals surface area contributed by atoms with Crippen molar-refractivity contribution < 1.29 is 4.79 Å². The molecular formula is C10H16N4O. The van der Waals surface area contributed by atoms with Crippen LogP contribution in [-0.4, -0.2) is 28.3 Å². The predicted molar refractivity (Wildman–Crippen MR) is 57.6 cm³/mol. The fourth-order valence-electron chi connectivity index (χ4n) is 1.85. The lowest BCUT2D eigenvalue weighted by molar-refractivity contribution is -0.117. The molecule has 5 heteroatoms. The van der Waals surface area contributed by atoms with Gasteiger partial charge in [-0.3, -0.25) is 9.48 Å². The van der Waals surface area contributed by atoms with Crippen LogP contribution in [0.2, 0.25) is 0 Å². The SMILES string of the molecule is Cc1nn(C)cc1NC(=O)[C@@H]1CCCN1. The summed E-state index contributed by atoms with van der Waals surface area (Å²) >= 11 is 0. The average molecular weight is 208 g/mol. The van der Waals surface area contributed by atoms with Gasteiger partial charge in [-0.05, 0) is 26.3 Å². The molecule has 1 saturated heterocycles. The number of nitrogens with one attached hydrogen (secondary N) is 2. The molecule has 2 rings (SSSR count). The van der Waals surface area contributed by atoms with Gasteiger partial charge in [-0.25, -0.2) is 0 Å². The van der Waals surface area contributed by atoms with Crippen LogP contribution in [0, 0.1) is 6.92 Å². The van der Waals surface area contributed by atoms with Crippen LogP contribution in [0.5, 0.6) is 0 Å². The highest BCUT2D eigenvalue weighted by atomic mass is 16.2. The highest BCUT2D eigenvalue weighted by Gasteiger charge is 2.22. The molecule has 0 bridgehead atoms. The topological polar surface area (TPSA) is 59.0 Å². The Hall–Kier alpha value is -1.36. The van der Waals surface area contributed by atoms with Crippen molar-refractivity contribution >= 4 is 11.6 Å². The summed E-state index contributed by atoms with van der Waals surface area (Å²) in [5, 5.41) is 10.2. The number of carbonyl (C=O) groups is 1. The first-order valence-electron chi connectivity index (χ1n) is 5.21. The maximum atomic E-state index is 11.8. The van der Waals surface area contributed by atoms with E-state index >= 15 is 0 Å². The molecule has 0 unspecified atom stereocenters. The summed E-state index contributed by atoms with van der Waals surface area (Å²) in [7, 11) is 1.84. The molecule has 1 atom stereocenters. The Morgan fingerprint density at radius 1 is 1.73 bits per heavy atom. The zero-order valence-corrected chi connectivity index (χ0v) is 9.08. The summed E-state index contributed by atoms with van der Waals surface area (Å²) < 4.78 is 1.70. The van der Waals surface area contributed by atoms with Crippen LogP contribution in [0.15, 0.2) is 6.20 Å². The standard InChI is InChI=1S/C10H16N4O/c1-7-9(6-14(2)13-7)12-10(15)8-4-3-5-11-8/h6,8,11H,3-5H2,1-2H3,(H,12,15)/t8-/m0/s1. The summed E-state index contributed by atoms with van der Waals surface area (Å²) in [6, 6.07) is -0.0374. The molecule has 1 aromatic heterocycles. The molecule has 1 fully saturated rings. The van der Waals surface area contributed by atoms with Crippen LogP contribution in [0.4, 0.5) is 5.69 Å². The highest BCUT2D eigenvalue weighted by molar-refractivity contribution is 5.95. The van der Waals surface area contributed by atoms with E-state index in [-0.39, 0.29) is 11.9 Å². The van der Waals surface area contributed by atoms with E-state index in [1.165, 1.54) is 0 Å². The van der Waals surface area contributed by atoms with E-state index in [1.807, 2.05) is 20.2 Å². The van der Waals surface area contributed by atoms with Crippen molar-refractivity contribution in [2.24, 2.45) is 7.05 Å². The Balaban J connectivity index is 2.01. The van der Waals surface area contributed by atoms with Crippen LogP contribution in [0.3, 0.4) is 0 Å². The van der Waals surface area contributed by atoms with Crippen molar-refractivity contribution in [1.29, 1.82) is 0 Å².